The van der Waals surface area contributed by atoms with Crippen molar-refractivity contribution in [1.82, 2.24) is 0 Å². The molecule has 0 aromatic heterocycles. The van der Waals surface area contributed by atoms with Crippen molar-refractivity contribution in [2.24, 2.45) is 16.6 Å². The Labute approximate surface area is 76.4 Å². The summed E-state index contributed by atoms with van der Waals surface area (Å²) in [5, 5.41) is 10.4. The SMILES string of the molecule is NC1=NC2C(CO)CCCC2S1. The first-order valence-electron chi connectivity index (χ1n) is 4.42. The number of aliphatic hydroxyl groups is 1. The van der Waals surface area contributed by atoms with E-state index in [1.807, 2.05) is 0 Å². The number of thioether (sulfide) groups is 1. The Balaban J connectivity index is 2.10. The molecule has 1 aliphatic heterocycles. The van der Waals surface area contributed by atoms with Crippen LogP contribution in [-0.2, 0) is 0 Å². The zero-order valence-electron chi connectivity index (χ0n) is 6.94. The number of hydrogen-bond donors (Lipinski definition) is 2. The molecule has 1 saturated carbocycles. The van der Waals surface area contributed by atoms with Gasteiger partial charge in [-0.3, -0.25) is 4.99 Å². The Kier molecular flexibility index (Phi) is 2.28. The summed E-state index contributed by atoms with van der Waals surface area (Å²) in [6, 6.07) is 0.300. The van der Waals surface area contributed by atoms with Gasteiger partial charge in [0, 0.05) is 17.8 Å². The summed E-state index contributed by atoms with van der Waals surface area (Å²) in [5.74, 6) is 0.359. The highest BCUT2D eigenvalue weighted by molar-refractivity contribution is 8.14. The lowest BCUT2D eigenvalue weighted by molar-refractivity contribution is 0.176. The van der Waals surface area contributed by atoms with Gasteiger partial charge in [-0.05, 0) is 12.8 Å². The molecule has 4 heteroatoms. The zero-order chi connectivity index (χ0) is 8.55. The van der Waals surface area contributed by atoms with Gasteiger partial charge in [-0.15, -0.1) is 0 Å². The van der Waals surface area contributed by atoms with E-state index in [0.29, 0.717) is 22.4 Å². The Hall–Kier alpha value is -0.220. The number of hydrogen-bond acceptors (Lipinski definition) is 4. The number of fused-ring (bicyclic) bond motifs is 1. The molecular formula is C8H14N2OS. The van der Waals surface area contributed by atoms with Crippen LogP contribution >= 0.6 is 11.8 Å². The van der Waals surface area contributed by atoms with Crippen molar-refractivity contribution < 1.29 is 5.11 Å². The minimum absolute atomic E-state index is 0.262. The van der Waals surface area contributed by atoms with E-state index in [-0.39, 0.29) is 6.61 Å². The van der Waals surface area contributed by atoms with Gasteiger partial charge in [0.05, 0.1) is 6.04 Å². The highest BCUT2D eigenvalue weighted by atomic mass is 32.2. The van der Waals surface area contributed by atoms with Gasteiger partial charge >= 0.3 is 0 Å². The van der Waals surface area contributed by atoms with Gasteiger partial charge < -0.3 is 10.8 Å². The average molecular weight is 186 g/mol. The number of aliphatic imine (C=N–C) groups is 1. The third-order valence-electron chi connectivity index (χ3n) is 2.71. The minimum atomic E-state index is 0.262. The first-order valence-corrected chi connectivity index (χ1v) is 5.30. The van der Waals surface area contributed by atoms with Gasteiger partial charge in [0.2, 0.25) is 0 Å². The second-order valence-electron chi connectivity index (χ2n) is 3.49. The van der Waals surface area contributed by atoms with Crippen molar-refractivity contribution in [2.75, 3.05) is 6.61 Å². The third kappa shape index (κ3) is 1.33. The predicted octanol–water partition coefficient (Wildman–Crippen LogP) is 0.577. The molecule has 3 atom stereocenters. The smallest absolute Gasteiger partial charge is 0.154 e. The van der Waals surface area contributed by atoms with Crippen LogP contribution in [0.5, 0.6) is 0 Å². The van der Waals surface area contributed by atoms with E-state index in [1.165, 1.54) is 12.8 Å². The molecule has 0 radical (unpaired) electrons. The Morgan fingerprint density at radius 3 is 3.17 bits per heavy atom. The third-order valence-corrected chi connectivity index (χ3v) is 3.87. The second kappa shape index (κ2) is 3.26. The Morgan fingerprint density at radius 2 is 2.42 bits per heavy atom. The van der Waals surface area contributed by atoms with Crippen molar-refractivity contribution in [3.8, 4) is 0 Å². The van der Waals surface area contributed by atoms with Gasteiger partial charge in [0.1, 0.15) is 0 Å². The lowest BCUT2D eigenvalue weighted by Crippen LogP contribution is -2.33. The molecule has 12 heavy (non-hydrogen) atoms. The zero-order valence-corrected chi connectivity index (χ0v) is 7.76. The van der Waals surface area contributed by atoms with Crippen LogP contribution in [0.3, 0.4) is 0 Å². The van der Waals surface area contributed by atoms with Crippen molar-refractivity contribution in [3.05, 3.63) is 0 Å². The molecule has 3 N–H and O–H groups in total. The number of nitrogens with zero attached hydrogens (tertiary/aromatic N) is 1. The summed E-state index contributed by atoms with van der Waals surface area (Å²) in [7, 11) is 0. The van der Waals surface area contributed by atoms with E-state index in [4.69, 9.17) is 10.8 Å². The molecule has 1 fully saturated rings. The highest BCUT2D eigenvalue weighted by Gasteiger charge is 2.37. The number of aliphatic hydroxyl groups excluding tert-OH is 1. The van der Waals surface area contributed by atoms with Crippen molar-refractivity contribution >= 4 is 16.9 Å². The standard InChI is InChI=1S/C8H14N2OS/c9-8-10-7-5(4-11)2-1-3-6(7)12-8/h5-7,11H,1-4H2,(H2,9,10). The molecule has 0 spiro atoms. The molecule has 1 aliphatic carbocycles. The largest absolute Gasteiger partial charge is 0.396 e. The van der Waals surface area contributed by atoms with E-state index >= 15 is 0 Å². The molecule has 68 valence electrons. The van der Waals surface area contributed by atoms with Crippen LogP contribution in [0.15, 0.2) is 4.99 Å². The number of rotatable bonds is 1. The lowest BCUT2D eigenvalue weighted by atomic mass is 9.85. The van der Waals surface area contributed by atoms with Crippen LogP contribution in [0.2, 0.25) is 0 Å². The Morgan fingerprint density at radius 1 is 1.58 bits per heavy atom. The monoisotopic (exact) mass is 186 g/mol. The van der Waals surface area contributed by atoms with Crippen LogP contribution in [0.25, 0.3) is 0 Å². The van der Waals surface area contributed by atoms with Crippen LogP contribution < -0.4 is 5.73 Å². The van der Waals surface area contributed by atoms with Gasteiger partial charge in [-0.1, -0.05) is 18.2 Å². The molecular weight excluding hydrogens is 172 g/mol. The molecule has 0 amide bonds. The van der Waals surface area contributed by atoms with Gasteiger partial charge in [0.25, 0.3) is 0 Å². The fourth-order valence-electron chi connectivity index (χ4n) is 2.08. The van der Waals surface area contributed by atoms with E-state index in [9.17, 15) is 0 Å². The van der Waals surface area contributed by atoms with Crippen LogP contribution in [0, 0.1) is 5.92 Å². The fourth-order valence-corrected chi connectivity index (χ4v) is 3.28. The van der Waals surface area contributed by atoms with Gasteiger partial charge in [0.15, 0.2) is 5.17 Å². The maximum Gasteiger partial charge on any atom is 0.154 e. The van der Waals surface area contributed by atoms with Crippen molar-refractivity contribution in [1.29, 1.82) is 0 Å². The van der Waals surface area contributed by atoms with Crippen LogP contribution in [0.4, 0.5) is 0 Å². The molecule has 3 nitrogen and oxygen atoms in total. The molecule has 3 unspecified atom stereocenters. The molecule has 0 bridgehead atoms. The van der Waals surface area contributed by atoms with Gasteiger partial charge in [-0.25, -0.2) is 0 Å². The molecule has 0 aromatic rings. The fraction of sp³-hybridized carbons (Fsp3) is 0.875. The van der Waals surface area contributed by atoms with E-state index in [0.717, 1.165) is 6.42 Å². The summed E-state index contributed by atoms with van der Waals surface area (Å²) in [6.45, 7) is 0.262. The molecule has 2 rings (SSSR count). The maximum absolute atomic E-state index is 9.11. The van der Waals surface area contributed by atoms with Crippen LogP contribution in [-0.4, -0.2) is 28.2 Å². The van der Waals surface area contributed by atoms with E-state index < -0.39 is 0 Å². The summed E-state index contributed by atoms with van der Waals surface area (Å²) in [6.07, 6.45) is 3.52. The summed E-state index contributed by atoms with van der Waals surface area (Å²) < 4.78 is 0. The Bertz CT molecular complexity index is 207. The van der Waals surface area contributed by atoms with Gasteiger partial charge in [-0.2, -0.15) is 0 Å². The van der Waals surface area contributed by atoms with E-state index in [2.05, 4.69) is 4.99 Å². The normalized spacial score (nSPS) is 40.8. The minimum Gasteiger partial charge on any atom is -0.396 e. The average Bonchev–Trinajstić information content (AvgIpc) is 2.44. The summed E-state index contributed by atoms with van der Waals surface area (Å²) in [4.78, 5) is 4.36. The second-order valence-corrected chi connectivity index (χ2v) is 4.75. The lowest BCUT2D eigenvalue weighted by Gasteiger charge is -2.29. The first kappa shape index (κ1) is 8.38. The summed E-state index contributed by atoms with van der Waals surface area (Å²) >= 11 is 1.69. The topological polar surface area (TPSA) is 58.6 Å². The molecule has 2 aliphatic rings. The maximum atomic E-state index is 9.11. The van der Waals surface area contributed by atoms with Crippen molar-refractivity contribution in [3.63, 3.8) is 0 Å². The number of amidine groups is 1. The molecule has 0 aromatic carbocycles. The highest BCUT2D eigenvalue weighted by Crippen LogP contribution is 2.38. The predicted molar refractivity (Wildman–Crippen MR) is 51.2 cm³/mol. The molecule has 0 saturated heterocycles. The quantitative estimate of drug-likeness (QED) is 0.629. The molecule has 1 heterocycles. The summed E-state index contributed by atoms with van der Waals surface area (Å²) in [5.41, 5.74) is 5.64. The first-order chi connectivity index (χ1) is 5.81. The number of nitrogens with two attached hydrogens (primary N) is 1. The van der Waals surface area contributed by atoms with E-state index in [1.54, 1.807) is 11.8 Å². The van der Waals surface area contributed by atoms with Crippen LogP contribution in [0.1, 0.15) is 19.3 Å². The van der Waals surface area contributed by atoms with Crippen molar-refractivity contribution in [2.45, 2.75) is 30.6 Å².